The summed E-state index contributed by atoms with van der Waals surface area (Å²) >= 11 is 0. The van der Waals surface area contributed by atoms with E-state index in [1.165, 1.54) is 26.0 Å². The minimum absolute atomic E-state index is 0.0273. The van der Waals surface area contributed by atoms with Crippen molar-refractivity contribution in [3.05, 3.63) is 40.3 Å². The highest BCUT2D eigenvalue weighted by atomic mass is 16.5. The van der Waals surface area contributed by atoms with E-state index in [0.717, 1.165) is 18.2 Å². The van der Waals surface area contributed by atoms with Gasteiger partial charge in [-0.25, -0.2) is 0 Å². The van der Waals surface area contributed by atoms with Crippen molar-refractivity contribution < 1.29 is 9.53 Å². The summed E-state index contributed by atoms with van der Waals surface area (Å²) in [5.41, 5.74) is 0.592. The summed E-state index contributed by atoms with van der Waals surface area (Å²) in [5, 5.41) is 3.02. The first-order chi connectivity index (χ1) is 10.6. The van der Waals surface area contributed by atoms with E-state index in [-0.39, 0.29) is 23.6 Å². The fourth-order valence-electron chi connectivity index (χ4n) is 3.56. The van der Waals surface area contributed by atoms with Crippen molar-refractivity contribution in [2.75, 3.05) is 13.7 Å². The number of nitrogens with zero attached hydrogens (tertiary/aromatic N) is 1. The first kappa shape index (κ1) is 14.9. The number of carbonyl (C=O) groups excluding carboxylic acids is 1. The molecule has 0 aliphatic heterocycles. The van der Waals surface area contributed by atoms with E-state index in [2.05, 4.69) is 17.5 Å². The fraction of sp³-hybridized carbons (Fsp3) is 0.529. The molecule has 1 aromatic rings. The minimum atomic E-state index is -0.162. The van der Waals surface area contributed by atoms with Gasteiger partial charge in [0.05, 0.1) is 13.3 Å². The lowest BCUT2D eigenvalue weighted by atomic mass is 9.94. The topological polar surface area (TPSA) is 60.3 Å². The summed E-state index contributed by atoms with van der Waals surface area (Å²) in [6.07, 6.45) is 8.63. The molecule has 1 saturated carbocycles. The zero-order valence-electron chi connectivity index (χ0n) is 13.0. The number of nitrogens with one attached hydrogen (secondary N) is 1. The summed E-state index contributed by atoms with van der Waals surface area (Å²) < 4.78 is 6.77. The molecule has 2 aliphatic carbocycles. The van der Waals surface area contributed by atoms with Gasteiger partial charge in [-0.3, -0.25) is 9.59 Å². The Kier molecular flexibility index (Phi) is 4.05. The molecule has 3 rings (SSSR count). The van der Waals surface area contributed by atoms with Crippen LogP contribution in [-0.2, 0) is 11.3 Å². The molecule has 2 aliphatic rings. The molecule has 1 heterocycles. The molecule has 118 valence electrons. The molecule has 0 aromatic carbocycles. The Morgan fingerprint density at radius 1 is 1.41 bits per heavy atom. The Labute approximate surface area is 130 Å². The van der Waals surface area contributed by atoms with Gasteiger partial charge in [-0.05, 0) is 37.5 Å². The minimum Gasteiger partial charge on any atom is -0.491 e. The van der Waals surface area contributed by atoms with E-state index in [0.29, 0.717) is 11.8 Å². The zero-order valence-corrected chi connectivity index (χ0v) is 13.0. The maximum absolute atomic E-state index is 12.1. The van der Waals surface area contributed by atoms with Gasteiger partial charge in [0.25, 0.3) is 0 Å². The molecular formula is C17H22N2O3. The normalized spacial score (nSPS) is 25.5. The predicted octanol–water partition coefficient (Wildman–Crippen LogP) is 1.49. The van der Waals surface area contributed by atoms with Gasteiger partial charge >= 0.3 is 0 Å². The van der Waals surface area contributed by atoms with Gasteiger partial charge in [-0.1, -0.05) is 12.2 Å². The number of rotatable bonds is 5. The third-order valence-electron chi connectivity index (χ3n) is 4.82. The quantitative estimate of drug-likeness (QED) is 0.838. The second-order valence-electron chi connectivity index (χ2n) is 6.32. The smallest absolute Gasteiger partial charge is 0.239 e. The fourth-order valence-corrected chi connectivity index (χ4v) is 3.56. The van der Waals surface area contributed by atoms with Crippen molar-refractivity contribution in [1.82, 2.24) is 9.88 Å². The number of hydrogen-bond donors (Lipinski definition) is 1. The Hall–Kier alpha value is -2.04. The van der Waals surface area contributed by atoms with Crippen molar-refractivity contribution >= 4 is 5.91 Å². The molecule has 5 heteroatoms. The molecule has 22 heavy (non-hydrogen) atoms. The Bertz CT molecular complexity index is 662. The molecule has 5 nitrogen and oxygen atoms in total. The first-order valence-electron chi connectivity index (χ1n) is 7.77. The van der Waals surface area contributed by atoms with Gasteiger partial charge in [0, 0.05) is 18.3 Å². The lowest BCUT2D eigenvalue weighted by molar-refractivity contribution is -0.121. The SMILES string of the molecule is COc1cn(CC(=O)NCC2CC3C=CC2C3)c(C)cc1=O. The number of carbonyl (C=O) groups is 1. The lowest BCUT2D eigenvalue weighted by Gasteiger charge is -2.19. The van der Waals surface area contributed by atoms with Crippen LogP contribution in [0.3, 0.4) is 0 Å². The number of methoxy groups -OCH3 is 1. The second-order valence-corrected chi connectivity index (χ2v) is 6.32. The van der Waals surface area contributed by atoms with Crippen LogP contribution in [0.1, 0.15) is 18.5 Å². The summed E-state index contributed by atoms with van der Waals surface area (Å²) in [6, 6.07) is 1.49. The highest BCUT2D eigenvalue weighted by Gasteiger charge is 2.35. The maximum Gasteiger partial charge on any atom is 0.239 e. The Morgan fingerprint density at radius 2 is 2.23 bits per heavy atom. The summed E-state index contributed by atoms with van der Waals surface area (Å²) in [7, 11) is 1.46. The van der Waals surface area contributed by atoms with E-state index in [4.69, 9.17) is 4.74 Å². The van der Waals surface area contributed by atoms with Crippen molar-refractivity contribution in [2.45, 2.75) is 26.3 Å². The van der Waals surface area contributed by atoms with E-state index in [9.17, 15) is 9.59 Å². The summed E-state index contributed by atoms with van der Waals surface area (Å²) in [4.78, 5) is 23.8. The van der Waals surface area contributed by atoms with Crippen LogP contribution >= 0.6 is 0 Å². The van der Waals surface area contributed by atoms with E-state index in [1.807, 2.05) is 6.92 Å². The van der Waals surface area contributed by atoms with Crippen molar-refractivity contribution in [1.29, 1.82) is 0 Å². The van der Waals surface area contributed by atoms with Crippen molar-refractivity contribution in [2.24, 2.45) is 17.8 Å². The Balaban J connectivity index is 1.58. The van der Waals surface area contributed by atoms with Crippen LogP contribution in [0, 0.1) is 24.7 Å². The third-order valence-corrected chi connectivity index (χ3v) is 4.82. The molecule has 3 unspecified atom stereocenters. The number of hydrogen-bond acceptors (Lipinski definition) is 3. The third kappa shape index (κ3) is 2.93. The van der Waals surface area contributed by atoms with Gasteiger partial charge in [0.1, 0.15) is 6.54 Å². The number of aryl methyl sites for hydroxylation is 1. The molecule has 0 saturated heterocycles. The zero-order chi connectivity index (χ0) is 15.7. The maximum atomic E-state index is 12.1. The van der Waals surface area contributed by atoms with Crippen LogP contribution in [0.2, 0.25) is 0 Å². The number of allylic oxidation sites excluding steroid dienone is 2. The van der Waals surface area contributed by atoms with Crippen LogP contribution in [0.5, 0.6) is 5.75 Å². The molecule has 1 amide bonds. The van der Waals surface area contributed by atoms with E-state index < -0.39 is 0 Å². The Morgan fingerprint density at radius 3 is 2.86 bits per heavy atom. The van der Waals surface area contributed by atoms with E-state index in [1.54, 1.807) is 10.8 Å². The largest absolute Gasteiger partial charge is 0.491 e. The van der Waals surface area contributed by atoms with Gasteiger partial charge in [-0.15, -0.1) is 0 Å². The number of aromatic nitrogens is 1. The predicted molar refractivity (Wildman–Crippen MR) is 83.8 cm³/mol. The molecule has 1 aromatic heterocycles. The van der Waals surface area contributed by atoms with Crippen LogP contribution < -0.4 is 15.5 Å². The standard InChI is InChI=1S/C17H22N2O3/c1-11-5-15(20)16(22-2)9-19(11)10-17(21)18-8-14-7-12-3-4-13(14)6-12/h3-5,9,12-14H,6-8,10H2,1-2H3,(H,18,21). The number of amides is 1. The number of fused-ring (bicyclic) bond motifs is 2. The summed E-state index contributed by atoms with van der Waals surface area (Å²) in [5.74, 6) is 2.16. The number of pyridine rings is 1. The average molecular weight is 302 g/mol. The summed E-state index contributed by atoms with van der Waals surface area (Å²) in [6.45, 7) is 2.76. The first-order valence-corrected chi connectivity index (χ1v) is 7.77. The second kappa shape index (κ2) is 5.99. The molecule has 0 radical (unpaired) electrons. The van der Waals surface area contributed by atoms with Gasteiger partial charge in [0.15, 0.2) is 5.75 Å². The van der Waals surface area contributed by atoms with Crippen LogP contribution in [0.25, 0.3) is 0 Å². The number of ether oxygens (including phenoxy) is 1. The molecule has 3 atom stereocenters. The monoisotopic (exact) mass is 302 g/mol. The van der Waals surface area contributed by atoms with Gasteiger partial charge in [0.2, 0.25) is 11.3 Å². The molecule has 0 spiro atoms. The van der Waals surface area contributed by atoms with Crippen LogP contribution in [0.15, 0.2) is 29.2 Å². The molecule has 1 N–H and O–H groups in total. The molecular weight excluding hydrogens is 280 g/mol. The van der Waals surface area contributed by atoms with E-state index >= 15 is 0 Å². The van der Waals surface area contributed by atoms with Crippen molar-refractivity contribution in [3.8, 4) is 5.75 Å². The van der Waals surface area contributed by atoms with Crippen LogP contribution in [0.4, 0.5) is 0 Å². The lowest BCUT2D eigenvalue weighted by Crippen LogP contribution is -2.34. The van der Waals surface area contributed by atoms with Crippen LogP contribution in [-0.4, -0.2) is 24.1 Å². The average Bonchev–Trinajstić information content (AvgIpc) is 3.10. The van der Waals surface area contributed by atoms with Gasteiger partial charge in [-0.2, -0.15) is 0 Å². The molecule has 1 fully saturated rings. The highest BCUT2D eigenvalue weighted by Crippen LogP contribution is 2.42. The molecule has 2 bridgehead atoms. The van der Waals surface area contributed by atoms with Crippen molar-refractivity contribution in [3.63, 3.8) is 0 Å². The highest BCUT2D eigenvalue weighted by molar-refractivity contribution is 5.75. The van der Waals surface area contributed by atoms with Gasteiger partial charge < -0.3 is 14.6 Å².